The van der Waals surface area contributed by atoms with Crippen LogP contribution in [0.5, 0.6) is 0 Å². The summed E-state index contributed by atoms with van der Waals surface area (Å²) in [7, 11) is 0. The molecular formula is C15H29N3. The average molecular weight is 251 g/mol. The SMILES string of the molecule is CCNC(C)(C#N)CCCN1CCCC(C)(C)C1. The van der Waals surface area contributed by atoms with Gasteiger partial charge in [0.05, 0.1) is 6.07 Å². The zero-order chi connectivity index (χ0) is 13.6. The lowest BCUT2D eigenvalue weighted by Gasteiger charge is -2.38. The van der Waals surface area contributed by atoms with Crippen LogP contribution in [0.2, 0.25) is 0 Å². The van der Waals surface area contributed by atoms with Crippen molar-refractivity contribution in [3.63, 3.8) is 0 Å². The zero-order valence-electron chi connectivity index (χ0n) is 12.6. The average Bonchev–Trinajstić information content (AvgIpc) is 2.28. The summed E-state index contributed by atoms with van der Waals surface area (Å²) < 4.78 is 0. The molecule has 1 N–H and O–H groups in total. The number of nitrogens with one attached hydrogen (secondary N) is 1. The van der Waals surface area contributed by atoms with Gasteiger partial charge in [-0.2, -0.15) is 5.26 Å². The Balaban J connectivity index is 2.31. The minimum Gasteiger partial charge on any atom is -0.303 e. The van der Waals surface area contributed by atoms with Crippen LogP contribution in [0.15, 0.2) is 0 Å². The molecule has 0 saturated carbocycles. The topological polar surface area (TPSA) is 39.1 Å². The lowest BCUT2D eigenvalue weighted by Crippen LogP contribution is -2.43. The minimum absolute atomic E-state index is 0.347. The van der Waals surface area contributed by atoms with Crippen molar-refractivity contribution in [2.75, 3.05) is 26.2 Å². The van der Waals surface area contributed by atoms with E-state index in [1.807, 2.05) is 6.92 Å². The van der Waals surface area contributed by atoms with E-state index in [-0.39, 0.29) is 5.54 Å². The fraction of sp³-hybridized carbons (Fsp3) is 0.933. The van der Waals surface area contributed by atoms with Gasteiger partial charge in [-0.05, 0) is 57.7 Å². The fourth-order valence-corrected chi connectivity index (χ4v) is 2.97. The van der Waals surface area contributed by atoms with Crippen LogP contribution in [0.3, 0.4) is 0 Å². The third-order valence-electron chi connectivity index (χ3n) is 3.94. The molecule has 18 heavy (non-hydrogen) atoms. The van der Waals surface area contributed by atoms with E-state index < -0.39 is 0 Å². The van der Waals surface area contributed by atoms with E-state index in [1.165, 1.54) is 25.9 Å². The summed E-state index contributed by atoms with van der Waals surface area (Å²) >= 11 is 0. The van der Waals surface area contributed by atoms with Gasteiger partial charge >= 0.3 is 0 Å². The Morgan fingerprint density at radius 2 is 2.17 bits per heavy atom. The predicted molar refractivity (Wildman–Crippen MR) is 76.4 cm³/mol. The van der Waals surface area contributed by atoms with E-state index >= 15 is 0 Å². The van der Waals surface area contributed by atoms with Crippen LogP contribution in [-0.4, -0.2) is 36.6 Å². The molecule has 104 valence electrons. The molecule has 0 bridgehead atoms. The number of hydrogen-bond acceptors (Lipinski definition) is 3. The van der Waals surface area contributed by atoms with Gasteiger partial charge in [-0.15, -0.1) is 0 Å². The van der Waals surface area contributed by atoms with Gasteiger partial charge in [0.25, 0.3) is 0 Å². The molecule has 0 aromatic rings. The lowest BCUT2D eigenvalue weighted by atomic mass is 9.84. The Morgan fingerprint density at radius 3 is 2.72 bits per heavy atom. The molecule has 1 saturated heterocycles. The number of likely N-dealkylation sites (tertiary alicyclic amines) is 1. The Labute approximate surface area is 113 Å². The van der Waals surface area contributed by atoms with Gasteiger partial charge in [0.1, 0.15) is 5.54 Å². The van der Waals surface area contributed by atoms with Crippen molar-refractivity contribution < 1.29 is 0 Å². The second kappa shape index (κ2) is 6.54. The maximum atomic E-state index is 9.21. The molecule has 0 aromatic heterocycles. The highest BCUT2D eigenvalue weighted by Gasteiger charge is 2.27. The first-order valence-electron chi connectivity index (χ1n) is 7.29. The smallest absolute Gasteiger partial charge is 0.103 e. The molecule has 1 fully saturated rings. The van der Waals surface area contributed by atoms with Crippen molar-refractivity contribution in [3.8, 4) is 6.07 Å². The second-order valence-electron chi connectivity index (χ2n) is 6.62. The molecule has 0 aromatic carbocycles. The summed E-state index contributed by atoms with van der Waals surface area (Å²) in [6, 6.07) is 2.40. The highest BCUT2D eigenvalue weighted by atomic mass is 15.1. The van der Waals surface area contributed by atoms with Gasteiger partial charge < -0.3 is 4.90 Å². The Bertz CT molecular complexity index is 293. The van der Waals surface area contributed by atoms with Crippen molar-refractivity contribution in [1.29, 1.82) is 5.26 Å². The molecule has 1 aliphatic rings. The summed E-state index contributed by atoms with van der Waals surface area (Å²) in [6.07, 6.45) is 4.70. The molecule has 0 radical (unpaired) electrons. The van der Waals surface area contributed by atoms with Gasteiger partial charge in [-0.3, -0.25) is 5.32 Å². The van der Waals surface area contributed by atoms with Crippen LogP contribution in [0, 0.1) is 16.7 Å². The summed E-state index contributed by atoms with van der Waals surface area (Å²) in [5.74, 6) is 0. The molecule has 1 aliphatic heterocycles. The normalized spacial score (nSPS) is 23.3. The molecule has 0 spiro atoms. The monoisotopic (exact) mass is 251 g/mol. The van der Waals surface area contributed by atoms with Crippen molar-refractivity contribution in [1.82, 2.24) is 10.2 Å². The van der Waals surface area contributed by atoms with Crippen molar-refractivity contribution >= 4 is 0 Å². The zero-order valence-corrected chi connectivity index (χ0v) is 12.6. The first-order chi connectivity index (χ1) is 8.41. The second-order valence-corrected chi connectivity index (χ2v) is 6.62. The molecule has 1 unspecified atom stereocenters. The molecule has 3 heteroatoms. The third kappa shape index (κ3) is 4.96. The van der Waals surface area contributed by atoms with Crippen LogP contribution in [-0.2, 0) is 0 Å². The molecule has 1 rings (SSSR count). The van der Waals surface area contributed by atoms with E-state index in [2.05, 4.69) is 37.1 Å². The van der Waals surface area contributed by atoms with Gasteiger partial charge in [-0.25, -0.2) is 0 Å². The van der Waals surface area contributed by atoms with Crippen LogP contribution in [0.4, 0.5) is 0 Å². The standard InChI is InChI=1S/C15H29N3/c1-5-17-15(4,12-16)9-7-11-18-10-6-8-14(2,3)13-18/h17H,5-11,13H2,1-4H3. The summed E-state index contributed by atoms with van der Waals surface area (Å²) in [5, 5.41) is 12.5. The van der Waals surface area contributed by atoms with Crippen molar-refractivity contribution in [2.45, 2.75) is 58.9 Å². The highest BCUT2D eigenvalue weighted by molar-refractivity contribution is 5.03. The summed E-state index contributed by atoms with van der Waals surface area (Å²) in [4.78, 5) is 2.56. The predicted octanol–water partition coefficient (Wildman–Crippen LogP) is 2.78. The molecule has 1 heterocycles. The van der Waals surface area contributed by atoms with Crippen molar-refractivity contribution in [3.05, 3.63) is 0 Å². The van der Waals surface area contributed by atoms with Crippen LogP contribution < -0.4 is 5.32 Å². The fourth-order valence-electron chi connectivity index (χ4n) is 2.97. The van der Waals surface area contributed by atoms with Gasteiger partial charge in [0, 0.05) is 6.54 Å². The molecule has 0 amide bonds. The summed E-state index contributed by atoms with van der Waals surface area (Å²) in [5.41, 5.74) is 0.124. The van der Waals surface area contributed by atoms with Crippen molar-refractivity contribution in [2.24, 2.45) is 5.41 Å². The third-order valence-corrected chi connectivity index (χ3v) is 3.94. The van der Waals surface area contributed by atoms with Crippen LogP contribution >= 0.6 is 0 Å². The molecule has 3 nitrogen and oxygen atoms in total. The molecular weight excluding hydrogens is 222 g/mol. The molecule has 1 atom stereocenters. The lowest BCUT2D eigenvalue weighted by molar-refractivity contribution is 0.114. The van der Waals surface area contributed by atoms with E-state index in [1.54, 1.807) is 0 Å². The number of rotatable bonds is 6. The maximum absolute atomic E-state index is 9.21. The largest absolute Gasteiger partial charge is 0.303 e. The maximum Gasteiger partial charge on any atom is 0.103 e. The van der Waals surface area contributed by atoms with Crippen LogP contribution in [0.1, 0.15) is 53.4 Å². The Kier molecular flexibility index (Phi) is 5.62. The first-order valence-corrected chi connectivity index (χ1v) is 7.29. The number of nitrogens with zero attached hydrogens (tertiary/aromatic N) is 2. The highest BCUT2D eigenvalue weighted by Crippen LogP contribution is 2.28. The first kappa shape index (κ1) is 15.5. The quantitative estimate of drug-likeness (QED) is 0.789. The Hall–Kier alpha value is -0.590. The summed E-state index contributed by atoms with van der Waals surface area (Å²) in [6.45, 7) is 13.2. The Morgan fingerprint density at radius 1 is 1.44 bits per heavy atom. The van der Waals surface area contributed by atoms with Gasteiger partial charge in [-0.1, -0.05) is 20.8 Å². The van der Waals surface area contributed by atoms with Gasteiger partial charge in [0.15, 0.2) is 0 Å². The van der Waals surface area contributed by atoms with Gasteiger partial charge in [0.2, 0.25) is 0 Å². The number of nitriles is 1. The van der Waals surface area contributed by atoms with E-state index in [0.29, 0.717) is 5.41 Å². The van der Waals surface area contributed by atoms with E-state index in [4.69, 9.17) is 0 Å². The van der Waals surface area contributed by atoms with E-state index in [9.17, 15) is 5.26 Å². The van der Waals surface area contributed by atoms with E-state index in [0.717, 1.165) is 25.9 Å². The molecule has 0 aliphatic carbocycles. The minimum atomic E-state index is -0.347. The van der Waals surface area contributed by atoms with Crippen LogP contribution in [0.25, 0.3) is 0 Å². The number of hydrogen-bond donors (Lipinski definition) is 1. The number of piperidine rings is 1.